The highest BCUT2D eigenvalue weighted by Gasteiger charge is 2.40. The van der Waals surface area contributed by atoms with Crippen LogP contribution in [0.4, 0.5) is 0 Å². The number of amides is 1. The van der Waals surface area contributed by atoms with Gasteiger partial charge in [-0.3, -0.25) is 4.79 Å². The van der Waals surface area contributed by atoms with Crippen molar-refractivity contribution in [1.29, 1.82) is 0 Å². The maximum absolute atomic E-state index is 12.5. The molecular weight excluding hydrogens is 336 g/mol. The Morgan fingerprint density at radius 2 is 1.96 bits per heavy atom. The van der Waals surface area contributed by atoms with Crippen molar-refractivity contribution >= 4 is 18.3 Å². The lowest BCUT2D eigenvalue weighted by Crippen LogP contribution is -2.49. The Balaban J connectivity index is 0.00000225. The molecule has 25 heavy (non-hydrogen) atoms. The van der Waals surface area contributed by atoms with Crippen LogP contribution in [-0.4, -0.2) is 25.6 Å². The number of fused-ring (bicyclic) bond motifs is 2. The van der Waals surface area contributed by atoms with E-state index in [9.17, 15) is 4.79 Å². The molecule has 0 saturated heterocycles. The zero-order valence-corrected chi connectivity index (χ0v) is 16.1. The van der Waals surface area contributed by atoms with Crippen LogP contribution in [0.3, 0.4) is 0 Å². The summed E-state index contributed by atoms with van der Waals surface area (Å²) in [4.78, 5) is 12.5. The third kappa shape index (κ3) is 4.68. The molecule has 1 aromatic rings. The van der Waals surface area contributed by atoms with Gasteiger partial charge in [0.2, 0.25) is 5.91 Å². The number of carbonyl (C=O) groups is 1. The number of halogens is 1. The molecule has 0 heterocycles. The SMILES string of the molecule is COc1cc(CCNC(=O)C2CC3CCCC(C2)C3N)ccc1C.Cl. The van der Waals surface area contributed by atoms with Crippen LogP contribution in [0.1, 0.15) is 43.2 Å². The molecule has 4 nitrogen and oxygen atoms in total. The number of aryl methyl sites for hydroxylation is 1. The third-order valence-corrected chi connectivity index (χ3v) is 5.97. The van der Waals surface area contributed by atoms with Gasteiger partial charge in [-0.2, -0.15) is 0 Å². The topological polar surface area (TPSA) is 64.3 Å². The highest BCUT2D eigenvalue weighted by Crippen LogP contribution is 2.41. The molecule has 2 atom stereocenters. The van der Waals surface area contributed by atoms with Crippen molar-refractivity contribution < 1.29 is 9.53 Å². The average molecular weight is 367 g/mol. The van der Waals surface area contributed by atoms with Crippen molar-refractivity contribution in [2.45, 2.75) is 51.5 Å². The standard InChI is InChI=1S/C20H30N2O2.ClH/c1-13-6-7-14(10-18(13)24-2)8-9-22-20(23)17-11-15-4-3-5-16(12-17)19(15)21;/h6-7,10,15-17,19H,3-5,8-9,11-12,21H2,1-2H3,(H,22,23);1H. The lowest BCUT2D eigenvalue weighted by Gasteiger charge is -2.43. The van der Waals surface area contributed by atoms with E-state index >= 15 is 0 Å². The van der Waals surface area contributed by atoms with Crippen LogP contribution in [0, 0.1) is 24.7 Å². The second-order valence-corrected chi connectivity index (χ2v) is 7.54. The molecule has 140 valence electrons. The minimum Gasteiger partial charge on any atom is -0.496 e. The zero-order chi connectivity index (χ0) is 17.1. The van der Waals surface area contributed by atoms with Gasteiger partial charge in [0.15, 0.2) is 0 Å². The Hall–Kier alpha value is -1.26. The molecule has 0 radical (unpaired) electrons. The van der Waals surface area contributed by atoms with Gasteiger partial charge in [-0.15, -0.1) is 12.4 Å². The molecule has 1 amide bonds. The van der Waals surface area contributed by atoms with E-state index in [2.05, 4.69) is 23.5 Å². The summed E-state index contributed by atoms with van der Waals surface area (Å²) in [7, 11) is 1.69. The molecule has 2 bridgehead atoms. The number of rotatable bonds is 5. The summed E-state index contributed by atoms with van der Waals surface area (Å²) in [5.74, 6) is 2.39. The lowest BCUT2D eigenvalue weighted by atomic mass is 9.65. The molecule has 2 aliphatic carbocycles. The molecule has 2 saturated carbocycles. The van der Waals surface area contributed by atoms with E-state index in [4.69, 9.17) is 10.5 Å². The van der Waals surface area contributed by atoms with Gasteiger partial charge in [0.1, 0.15) is 5.75 Å². The summed E-state index contributed by atoms with van der Waals surface area (Å²) in [6.07, 6.45) is 6.47. The summed E-state index contributed by atoms with van der Waals surface area (Å²) < 4.78 is 5.36. The Morgan fingerprint density at radius 1 is 1.28 bits per heavy atom. The van der Waals surface area contributed by atoms with E-state index in [1.165, 1.54) is 24.8 Å². The van der Waals surface area contributed by atoms with Crippen molar-refractivity contribution in [3.05, 3.63) is 29.3 Å². The summed E-state index contributed by atoms with van der Waals surface area (Å²) in [5, 5.41) is 3.14. The van der Waals surface area contributed by atoms with Crippen molar-refractivity contribution in [2.75, 3.05) is 13.7 Å². The highest BCUT2D eigenvalue weighted by atomic mass is 35.5. The van der Waals surface area contributed by atoms with Gasteiger partial charge in [0.25, 0.3) is 0 Å². The van der Waals surface area contributed by atoms with Crippen molar-refractivity contribution in [2.24, 2.45) is 23.5 Å². The number of hydrogen-bond donors (Lipinski definition) is 2. The molecule has 0 aromatic heterocycles. The maximum Gasteiger partial charge on any atom is 0.223 e. The van der Waals surface area contributed by atoms with Gasteiger partial charge in [-0.05, 0) is 68.1 Å². The first-order chi connectivity index (χ1) is 11.6. The fourth-order valence-corrected chi connectivity index (χ4v) is 4.50. The second kappa shape index (κ2) is 8.91. The third-order valence-electron chi connectivity index (χ3n) is 5.97. The number of hydrogen-bond acceptors (Lipinski definition) is 3. The van der Waals surface area contributed by atoms with Gasteiger partial charge in [0.05, 0.1) is 7.11 Å². The van der Waals surface area contributed by atoms with Crippen LogP contribution in [0.25, 0.3) is 0 Å². The smallest absolute Gasteiger partial charge is 0.223 e. The minimum absolute atomic E-state index is 0. The summed E-state index contributed by atoms with van der Waals surface area (Å²) in [6.45, 7) is 2.72. The number of ether oxygens (including phenoxy) is 1. The zero-order valence-electron chi connectivity index (χ0n) is 15.3. The normalized spacial score (nSPS) is 28.0. The molecule has 2 fully saturated rings. The lowest BCUT2D eigenvalue weighted by molar-refractivity contribution is -0.127. The fourth-order valence-electron chi connectivity index (χ4n) is 4.50. The number of benzene rings is 1. The van der Waals surface area contributed by atoms with Crippen LogP contribution in [0.15, 0.2) is 18.2 Å². The molecule has 3 N–H and O–H groups in total. The summed E-state index contributed by atoms with van der Waals surface area (Å²) in [6, 6.07) is 6.56. The minimum atomic E-state index is 0. The highest BCUT2D eigenvalue weighted by molar-refractivity contribution is 5.85. The molecule has 2 unspecified atom stereocenters. The van der Waals surface area contributed by atoms with E-state index in [0.29, 0.717) is 24.4 Å². The van der Waals surface area contributed by atoms with Crippen molar-refractivity contribution in [3.8, 4) is 5.75 Å². The van der Waals surface area contributed by atoms with Crippen LogP contribution in [-0.2, 0) is 11.2 Å². The number of nitrogens with one attached hydrogen (secondary N) is 1. The molecule has 0 aliphatic heterocycles. The first-order valence-corrected chi connectivity index (χ1v) is 9.25. The summed E-state index contributed by atoms with van der Waals surface area (Å²) >= 11 is 0. The maximum atomic E-state index is 12.5. The van der Waals surface area contributed by atoms with Crippen molar-refractivity contribution in [1.82, 2.24) is 5.32 Å². The molecule has 3 rings (SSSR count). The molecule has 1 aromatic carbocycles. The predicted octanol–water partition coefficient (Wildman–Crippen LogP) is 3.24. The summed E-state index contributed by atoms with van der Waals surface area (Å²) in [5.41, 5.74) is 8.65. The number of nitrogens with two attached hydrogens (primary N) is 1. The molecular formula is C20H31ClN2O2. The van der Waals surface area contributed by atoms with Gasteiger partial charge in [0, 0.05) is 18.5 Å². The number of carbonyl (C=O) groups excluding carboxylic acids is 1. The van der Waals surface area contributed by atoms with E-state index in [1.807, 2.05) is 6.92 Å². The molecule has 0 spiro atoms. The van der Waals surface area contributed by atoms with Crippen LogP contribution < -0.4 is 15.8 Å². The van der Waals surface area contributed by atoms with Gasteiger partial charge in [-0.1, -0.05) is 18.6 Å². The van der Waals surface area contributed by atoms with Crippen LogP contribution in [0.2, 0.25) is 0 Å². The van der Waals surface area contributed by atoms with Gasteiger partial charge >= 0.3 is 0 Å². The Kier molecular flexibility index (Phi) is 7.14. The largest absolute Gasteiger partial charge is 0.496 e. The van der Waals surface area contributed by atoms with Crippen molar-refractivity contribution in [3.63, 3.8) is 0 Å². The van der Waals surface area contributed by atoms with E-state index in [-0.39, 0.29) is 24.2 Å². The Morgan fingerprint density at radius 3 is 2.60 bits per heavy atom. The van der Waals surface area contributed by atoms with Crippen LogP contribution in [0.5, 0.6) is 5.75 Å². The number of methoxy groups -OCH3 is 1. The Bertz CT molecular complexity index is 579. The van der Waals surface area contributed by atoms with Gasteiger partial charge in [-0.25, -0.2) is 0 Å². The molecule has 5 heteroatoms. The van der Waals surface area contributed by atoms with E-state index in [1.54, 1.807) is 7.11 Å². The Labute approximate surface area is 157 Å². The fraction of sp³-hybridized carbons (Fsp3) is 0.650. The molecule has 2 aliphatic rings. The first kappa shape index (κ1) is 20.1. The first-order valence-electron chi connectivity index (χ1n) is 9.25. The van der Waals surface area contributed by atoms with E-state index in [0.717, 1.165) is 30.6 Å². The average Bonchev–Trinajstić information content (AvgIpc) is 2.56. The van der Waals surface area contributed by atoms with E-state index < -0.39 is 0 Å². The second-order valence-electron chi connectivity index (χ2n) is 7.54. The monoisotopic (exact) mass is 366 g/mol. The van der Waals surface area contributed by atoms with Crippen LogP contribution >= 0.6 is 12.4 Å². The quantitative estimate of drug-likeness (QED) is 0.840. The van der Waals surface area contributed by atoms with Gasteiger partial charge < -0.3 is 15.8 Å². The predicted molar refractivity (Wildman–Crippen MR) is 103 cm³/mol.